The molecule has 2 aromatic rings. The molecule has 0 spiro atoms. The van der Waals surface area contributed by atoms with Crippen molar-refractivity contribution in [2.24, 2.45) is 0 Å². The number of aromatic nitrogens is 2. The third-order valence-electron chi connectivity index (χ3n) is 2.33. The van der Waals surface area contributed by atoms with Gasteiger partial charge in [0, 0.05) is 6.07 Å². The van der Waals surface area contributed by atoms with E-state index in [1.165, 1.54) is 10.7 Å². The highest BCUT2D eigenvalue weighted by atomic mass is 127. The summed E-state index contributed by atoms with van der Waals surface area (Å²) in [5.74, 6) is 0.414. The molecule has 0 aliphatic carbocycles. The van der Waals surface area contributed by atoms with E-state index >= 15 is 0 Å². The van der Waals surface area contributed by atoms with E-state index in [2.05, 4.69) is 27.7 Å². The average Bonchev–Trinajstić information content (AvgIpc) is 2.57. The van der Waals surface area contributed by atoms with Crippen molar-refractivity contribution in [3.05, 3.63) is 43.6 Å². The SMILES string of the molecule is Cc1nn(-c2ccccc2[N+](=O)[O-])c(N)c1I. The van der Waals surface area contributed by atoms with Crippen molar-refractivity contribution in [1.29, 1.82) is 0 Å². The fourth-order valence-electron chi connectivity index (χ4n) is 1.51. The minimum Gasteiger partial charge on any atom is -0.383 e. The van der Waals surface area contributed by atoms with Gasteiger partial charge in [-0.25, -0.2) is 4.68 Å². The Hall–Kier alpha value is -1.64. The molecule has 0 aliphatic heterocycles. The Morgan fingerprint density at radius 3 is 2.65 bits per heavy atom. The first-order chi connectivity index (χ1) is 8.02. The molecule has 2 N–H and O–H groups in total. The molecule has 0 fully saturated rings. The van der Waals surface area contributed by atoms with E-state index < -0.39 is 4.92 Å². The van der Waals surface area contributed by atoms with Crippen LogP contribution >= 0.6 is 22.6 Å². The van der Waals surface area contributed by atoms with Gasteiger partial charge in [0.15, 0.2) is 0 Å². The van der Waals surface area contributed by atoms with Crippen molar-refractivity contribution in [2.75, 3.05) is 5.73 Å². The van der Waals surface area contributed by atoms with Gasteiger partial charge in [0.1, 0.15) is 11.5 Å². The Labute approximate surface area is 111 Å². The van der Waals surface area contributed by atoms with E-state index in [4.69, 9.17) is 5.73 Å². The van der Waals surface area contributed by atoms with E-state index in [-0.39, 0.29) is 5.69 Å². The fraction of sp³-hybridized carbons (Fsp3) is 0.100. The molecule has 7 heteroatoms. The third-order valence-corrected chi connectivity index (χ3v) is 3.66. The molecular formula is C10H9IN4O2. The van der Waals surface area contributed by atoms with Crippen molar-refractivity contribution < 1.29 is 4.92 Å². The van der Waals surface area contributed by atoms with E-state index in [1.54, 1.807) is 18.2 Å². The summed E-state index contributed by atoms with van der Waals surface area (Å²) in [6.07, 6.45) is 0. The maximum atomic E-state index is 10.9. The Morgan fingerprint density at radius 1 is 1.47 bits per heavy atom. The maximum absolute atomic E-state index is 10.9. The van der Waals surface area contributed by atoms with E-state index in [1.807, 2.05) is 6.92 Å². The van der Waals surface area contributed by atoms with Crippen molar-refractivity contribution in [3.63, 3.8) is 0 Å². The predicted octanol–water partition coefficient (Wildman–Crippen LogP) is 2.28. The van der Waals surface area contributed by atoms with Gasteiger partial charge in [-0.2, -0.15) is 5.10 Å². The lowest BCUT2D eigenvalue weighted by molar-refractivity contribution is -0.384. The molecule has 0 amide bonds. The zero-order valence-corrected chi connectivity index (χ0v) is 11.1. The zero-order chi connectivity index (χ0) is 12.6. The molecule has 0 bridgehead atoms. The molecule has 0 radical (unpaired) electrons. The van der Waals surface area contributed by atoms with E-state index in [9.17, 15) is 10.1 Å². The molecule has 0 saturated heterocycles. The number of hydrogen-bond donors (Lipinski definition) is 1. The summed E-state index contributed by atoms with van der Waals surface area (Å²) in [6.45, 7) is 1.81. The first-order valence-electron chi connectivity index (χ1n) is 4.76. The Bertz CT molecular complexity index is 594. The molecule has 1 aromatic heterocycles. The lowest BCUT2D eigenvalue weighted by Crippen LogP contribution is -2.05. The first-order valence-corrected chi connectivity index (χ1v) is 5.84. The van der Waals surface area contributed by atoms with Gasteiger partial charge < -0.3 is 5.73 Å². The maximum Gasteiger partial charge on any atom is 0.294 e. The predicted molar refractivity (Wildman–Crippen MR) is 72.1 cm³/mol. The number of nitro benzene ring substituents is 1. The zero-order valence-electron chi connectivity index (χ0n) is 8.92. The number of anilines is 1. The standard InChI is InChI=1S/C10H9IN4O2/c1-6-9(11)10(12)14(13-6)7-4-2-3-5-8(7)15(16)17/h2-5H,12H2,1H3. The van der Waals surface area contributed by atoms with Crippen LogP contribution in [0.15, 0.2) is 24.3 Å². The second kappa shape index (κ2) is 4.32. The second-order valence-electron chi connectivity index (χ2n) is 3.44. The van der Waals surface area contributed by atoms with Crippen LogP contribution in [0.3, 0.4) is 0 Å². The van der Waals surface area contributed by atoms with Gasteiger partial charge in [-0.15, -0.1) is 0 Å². The highest BCUT2D eigenvalue weighted by Crippen LogP contribution is 2.27. The van der Waals surface area contributed by atoms with Crippen LogP contribution in [-0.4, -0.2) is 14.7 Å². The topological polar surface area (TPSA) is 87.0 Å². The van der Waals surface area contributed by atoms with Crippen LogP contribution < -0.4 is 5.73 Å². The molecule has 88 valence electrons. The summed E-state index contributed by atoms with van der Waals surface area (Å²) >= 11 is 2.07. The van der Waals surface area contributed by atoms with Crippen LogP contribution in [0.4, 0.5) is 11.5 Å². The molecule has 0 saturated carbocycles. The summed E-state index contributed by atoms with van der Waals surface area (Å²) in [4.78, 5) is 10.5. The van der Waals surface area contributed by atoms with Crippen molar-refractivity contribution in [2.45, 2.75) is 6.92 Å². The van der Waals surface area contributed by atoms with Gasteiger partial charge in [0.05, 0.1) is 14.2 Å². The van der Waals surface area contributed by atoms with Crippen LogP contribution in [0.2, 0.25) is 0 Å². The second-order valence-corrected chi connectivity index (χ2v) is 4.52. The van der Waals surface area contributed by atoms with Gasteiger partial charge in [-0.1, -0.05) is 12.1 Å². The van der Waals surface area contributed by atoms with Crippen molar-refractivity contribution >= 4 is 34.1 Å². The highest BCUT2D eigenvalue weighted by Gasteiger charge is 2.19. The monoisotopic (exact) mass is 344 g/mol. The molecule has 1 heterocycles. The average molecular weight is 344 g/mol. The minimum atomic E-state index is -0.446. The fourth-order valence-corrected chi connectivity index (χ4v) is 1.84. The number of halogens is 1. The largest absolute Gasteiger partial charge is 0.383 e. The smallest absolute Gasteiger partial charge is 0.294 e. The van der Waals surface area contributed by atoms with Gasteiger partial charge in [0.2, 0.25) is 0 Å². The van der Waals surface area contributed by atoms with E-state index in [0.717, 1.165) is 9.26 Å². The lowest BCUT2D eigenvalue weighted by atomic mass is 10.3. The van der Waals surface area contributed by atoms with Crippen LogP contribution in [0, 0.1) is 20.6 Å². The summed E-state index contributed by atoms with van der Waals surface area (Å²) < 4.78 is 2.20. The summed E-state index contributed by atoms with van der Waals surface area (Å²) in [5, 5.41) is 15.1. The number of benzene rings is 1. The molecular weight excluding hydrogens is 335 g/mol. The van der Waals surface area contributed by atoms with E-state index in [0.29, 0.717) is 11.5 Å². The van der Waals surface area contributed by atoms with Crippen LogP contribution in [0.1, 0.15) is 5.69 Å². The summed E-state index contributed by atoms with van der Waals surface area (Å²) in [7, 11) is 0. The number of hydrogen-bond acceptors (Lipinski definition) is 4. The van der Waals surface area contributed by atoms with Gasteiger partial charge in [0.25, 0.3) is 5.69 Å². The molecule has 0 unspecified atom stereocenters. The number of nitrogen functional groups attached to an aromatic ring is 1. The summed E-state index contributed by atoms with van der Waals surface area (Å²) in [5.41, 5.74) is 6.99. The summed E-state index contributed by atoms with van der Waals surface area (Å²) in [6, 6.07) is 6.38. The van der Waals surface area contributed by atoms with Gasteiger partial charge >= 0.3 is 0 Å². The highest BCUT2D eigenvalue weighted by molar-refractivity contribution is 14.1. The van der Waals surface area contributed by atoms with Crippen LogP contribution in [-0.2, 0) is 0 Å². The van der Waals surface area contributed by atoms with Gasteiger partial charge in [-0.3, -0.25) is 10.1 Å². The number of nitrogens with two attached hydrogens (primary N) is 1. The third kappa shape index (κ3) is 1.97. The Morgan fingerprint density at radius 2 is 2.12 bits per heavy atom. The molecule has 2 rings (SSSR count). The molecule has 0 aliphatic rings. The molecule has 0 atom stereocenters. The van der Waals surface area contributed by atoms with Gasteiger partial charge in [-0.05, 0) is 35.6 Å². The Kier molecular flexibility index (Phi) is 3.01. The normalized spacial score (nSPS) is 10.5. The number of para-hydroxylation sites is 2. The number of aryl methyl sites for hydroxylation is 1. The minimum absolute atomic E-state index is 0.0156. The molecule has 6 nitrogen and oxygen atoms in total. The van der Waals surface area contributed by atoms with Crippen LogP contribution in [0.5, 0.6) is 0 Å². The van der Waals surface area contributed by atoms with Crippen molar-refractivity contribution in [3.8, 4) is 5.69 Å². The number of nitro groups is 1. The number of rotatable bonds is 2. The molecule has 17 heavy (non-hydrogen) atoms. The van der Waals surface area contributed by atoms with Crippen molar-refractivity contribution in [1.82, 2.24) is 9.78 Å². The van der Waals surface area contributed by atoms with Crippen LogP contribution in [0.25, 0.3) is 5.69 Å². The number of nitrogens with zero attached hydrogens (tertiary/aromatic N) is 3. The molecule has 1 aromatic carbocycles. The Balaban J connectivity index is 2.68. The first kappa shape index (κ1) is 11.8. The quantitative estimate of drug-likeness (QED) is 0.514. The lowest BCUT2D eigenvalue weighted by Gasteiger charge is -2.04.